The van der Waals surface area contributed by atoms with Crippen LogP contribution in [-0.4, -0.2) is 47.5 Å². The summed E-state index contributed by atoms with van der Waals surface area (Å²) in [5.41, 5.74) is 0. The molecule has 3 nitrogen and oxygen atoms in total. The lowest BCUT2D eigenvalue weighted by atomic mass is 10.2. The molecular weight excluding hydrogens is 220 g/mol. The first-order valence-corrected chi connectivity index (χ1v) is 7.40. The van der Waals surface area contributed by atoms with Gasteiger partial charge in [0.25, 0.3) is 0 Å². The molecule has 0 spiro atoms. The van der Waals surface area contributed by atoms with Crippen LogP contribution in [0.3, 0.4) is 0 Å². The van der Waals surface area contributed by atoms with Crippen LogP contribution in [0.4, 0.5) is 0 Å². The van der Waals surface area contributed by atoms with Gasteiger partial charge in [0.05, 0.1) is 6.04 Å². The summed E-state index contributed by atoms with van der Waals surface area (Å²) < 4.78 is 0. The third kappa shape index (κ3) is 2.54. The first-order valence-electron chi connectivity index (χ1n) is 6.35. The van der Waals surface area contributed by atoms with Crippen LogP contribution in [0, 0.1) is 0 Å². The van der Waals surface area contributed by atoms with E-state index in [9.17, 15) is 4.79 Å². The summed E-state index contributed by atoms with van der Waals surface area (Å²) in [6.07, 6.45) is 4.85. The van der Waals surface area contributed by atoms with Crippen molar-refractivity contribution in [2.24, 2.45) is 0 Å². The van der Waals surface area contributed by atoms with Crippen molar-refractivity contribution in [2.45, 2.75) is 49.9 Å². The number of nitrogens with zero attached hydrogens (tertiary/aromatic N) is 1. The smallest absolute Gasteiger partial charge is 0.239 e. The number of rotatable bonds is 4. The molecule has 2 fully saturated rings. The fourth-order valence-electron chi connectivity index (χ4n) is 2.77. The number of hydrogen-bond donors (Lipinski definition) is 1. The number of likely N-dealkylation sites (tertiary alicyclic amines) is 1. The molecule has 4 heteroatoms. The van der Waals surface area contributed by atoms with E-state index in [2.05, 4.69) is 12.2 Å². The van der Waals surface area contributed by atoms with Gasteiger partial charge in [0.1, 0.15) is 0 Å². The fourth-order valence-corrected chi connectivity index (χ4v) is 3.97. The van der Waals surface area contributed by atoms with Crippen LogP contribution in [0.2, 0.25) is 0 Å². The normalized spacial score (nSPS) is 35.0. The molecule has 16 heavy (non-hydrogen) atoms. The predicted molar refractivity (Wildman–Crippen MR) is 68.7 cm³/mol. The Hall–Kier alpha value is -0.220. The molecule has 3 unspecified atom stereocenters. The van der Waals surface area contributed by atoms with Gasteiger partial charge in [-0.15, -0.1) is 0 Å². The highest BCUT2D eigenvalue weighted by Gasteiger charge is 2.34. The molecule has 0 radical (unpaired) electrons. The van der Waals surface area contributed by atoms with Crippen molar-refractivity contribution < 1.29 is 4.79 Å². The quantitative estimate of drug-likeness (QED) is 0.810. The number of carbonyl (C=O) groups excluding carboxylic acids is 1. The van der Waals surface area contributed by atoms with Crippen molar-refractivity contribution in [2.75, 3.05) is 19.3 Å². The molecule has 2 aliphatic rings. The van der Waals surface area contributed by atoms with Crippen molar-refractivity contribution in [3.8, 4) is 0 Å². The van der Waals surface area contributed by atoms with Crippen molar-refractivity contribution in [1.82, 2.24) is 10.2 Å². The van der Waals surface area contributed by atoms with Gasteiger partial charge >= 0.3 is 0 Å². The molecule has 1 heterocycles. The minimum Gasteiger partial charge on any atom is -0.344 e. The molecule has 0 bridgehead atoms. The Kier molecular flexibility index (Phi) is 4.14. The molecule has 1 saturated heterocycles. The number of nitrogens with one attached hydrogen (secondary N) is 1. The Morgan fingerprint density at radius 3 is 2.88 bits per heavy atom. The van der Waals surface area contributed by atoms with E-state index < -0.39 is 0 Å². The standard InChI is InChI=1S/C12H22N2OS/c1-3-16-11-6-4-5-9(11)13-10-7-8-14(2)12(10)15/h9-11,13H,3-8H2,1-2H3. The molecule has 2 rings (SSSR count). The van der Waals surface area contributed by atoms with Crippen LogP contribution < -0.4 is 5.32 Å². The van der Waals surface area contributed by atoms with E-state index in [1.807, 2.05) is 23.7 Å². The molecule has 1 aliphatic heterocycles. The molecular formula is C12H22N2OS. The van der Waals surface area contributed by atoms with E-state index in [1.54, 1.807) is 0 Å². The Balaban J connectivity index is 1.86. The fraction of sp³-hybridized carbons (Fsp3) is 0.917. The monoisotopic (exact) mass is 242 g/mol. The first-order chi connectivity index (χ1) is 7.72. The van der Waals surface area contributed by atoms with Crippen molar-refractivity contribution in [3.05, 3.63) is 0 Å². The zero-order valence-corrected chi connectivity index (χ0v) is 11.1. The maximum atomic E-state index is 11.8. The Labute approximate surface area is 102 Å². The molecule has 1 N–H and O–H groups in total. The van der Waals surface area contributed by atoms with Gasteiger partial charge < -0.3 is 10.2 Å². The number of likely N-dealkylation sites (N-methyl/N-ethyl adjacent to an activating group) is 1. The Morgan fingerprint density at radius 2 is 2.25 bits per heavy atom. The highest BCUT2D eigenvalue weighted by molar-refractivity contribution is 7.99. The van der Waals surface area contributed by atoms with Gasteiger partial charge in [-0.05, 0) is 25.0 Å². The van der Waals surface area contributed by atoms with Gasteiger partial charge in [0, 0.05) is 24.9 Å². The maximum absolute atomic E-state index is 11.8. The summed E-state index contributed by atoms with van der Waals surface area (Å²) in [6.45, 7) is 3.13. The van der Waals surface area contributed by atoms with Gasteiger partial charge in [-0.25, -0.2) is 0 Å². The molecule has 3 atom stereocenters. The van der Waals surface area contributed by atoms with E-state index in [4.69, 9.17) is 0 Å². The lowest BCUT2D eigenvalue weighted by Crippen LogP contribution is -2.45. The zero-order valence-electron chi connectivity index (χ0n) is 10.2. The minimum absolute atomic E-state index is 0.0908. The van der Waals surface area contributed by atoms with Crippen molar-refractivity contribution in [3.63, 3.8) is 0 Å². The molecule has 0 aromatic carbocycles. The van der Waals surface area contributed by atoms with Crippen LogP contribution in [0.25, 0.3) is 0 Å². The molecule has 0 aromatic heterocycles. The topological polar surface area (TPSA) is 32.3 Å². The number of hydrogen-bond acceptors (Lipinski definition) is 3. The van der Waals surface area contributed by atoms with E-state index in [-0.39, 0.29) is 11.9 Å². The third-order valence-corrected chi connectivity index (χ3v) is 5.00. The van der Waals surface area contributed by atoms with Gasteiger partial charge in [0.15, 0.2) is 0 Å². The van der Waals surface area contributed by atoms with E-state index in [0.29, 0.717) is 6.04 Å². The van der Waals surface area contributed by atoms with Crippen LogP contribution in [0.5, 0.6) is 0 Å². The predicted octanol–water partition coefficient (Wildman–Crippen LogP) is 1.48. The van der Waals surface area contributed by atoms with Gasteiger partial charge in [-0.1, -0.05) is 13.3 Å². The molecule has 0 aromatic rings. The van der Waals surface area contributed by atoms with Crippen LogP contribution in [-0.2, 0) is 4.79 Å². The summed E-state index contributed by atoms with van der Waals surface area (Å²) in [6, 6.07) is 0.651. The highest BCUT2D eigenvalue weighted by atomic mass is 32.2. The summed E-state index contributed by atoms with van der Waals surface area (Å²) in [4.78, 5) is 13.7. The van der Waals surface area contributed by atoms with E-state index in [0.717, 1.165) is 18.2 Å². The summed E-state index contributed by atoms with van der Waals surface area (Å²) in [5.74, 6) is 1.47. The average molecular weight is 242 g/mol. The molecule has 1 amide bonds. The number of amides is 1. The average Bonchev–Trinajstić information content (AvgIpc) is 2.82. The second kappa shape index (κ2) is 5.41. The van der Waals surface area contributed by atoms with Crippen molar-refractivity contribution >= 4 is 17.7 Å². The molecule has 1 saturated carbocycles. The van der Waals surface area contributed by atoms with Crippen molar-refractivity contribution in [1.29, 1.82) is 0 Å². The van der Waals surface area contributed by atoms with Crippen LogP contribution >= 0.6 is 11.8 Å². The zero-order chi connectivity index (χ0) is 11.5. The van der Waals surface area contributed by atoms with Gasteiger partial charge in [-0.3, -0.25) is 4.79 Å². The Bertz CT molecular complexity index is 259. The van der Waals surface area contributed by atoms with Gasteiger partial charge in [-0.2, -0.15) is 11.8 Å². The maximum Gasteiger partial charge on any atom is 0.239 e. The highest BCUT2D eigenvalue weighted by Crippen LogP contribution is 2.30. The largest absolute Gasteiger partial charge is 0.344 e. The lowest BCUT2D eigenvalue weighted by Gasteiger charge is -2.23. The van der Waals surface area contributed by atoms with Crippen LogP contribution in [0.1, 0.15) is 32.6 Å². The van der Waals surface area contributed by atoms with Crippen LogP contribution in [0.15, 0.2) is 0 Å². The lowest BCUT2D eigenvalue weighted by molar-refractivity contribution is -0.128. The summed E-state index contributed by atoms with van der Waals surface area (Å²) in [7, 11) is 1.90. The van der Waals surface area contributed by atoms with E-state index in [1.165, 1.54) is 25.0 Å². The SMILES string of the molecule is CCSC1CCCC1NC1CCN(C)C1=O. The molecule has 92 valence electrons. The first kappa shape index (κ1) is 12.2. The number of carbonyl (C=O) groups is 1. The second-order valence-electron chi connectivity index (χ2n) is 4.80. The van der Waals surface area contributed by atoms with Gasteiger partial charge in [0.2, 0.25) is 5.91 Å². The Morgan fingerprint density at radius 1 is 1.44 bits per heavy atom. The third-order valence-electron chi connectivity index (χ3n) is 3.68. The molecule has 1 aliphatic carbocycles. The summed E-state index contributed by atoms with van der Waals surface area (Å²) >= 11 is 2.04. The number of thioether (sulfide) groups is 1. The second-order valence-corrected chi connectivity index (χ2v) is 6.32. The van der Waals surface area contributed by atoms with E-state index >= 15 is 0 Å². The summed E-state index contributed by atoms with van der Waals surface area (Å²) in [5, 5.41) is 4.31. The minimum atomic E-state index is 0.0908.